The highest BCUT2D eigenvalue weighted by Crippen LogP contribution is 2.45. The smallest absolute Gasteiger partial charge is 0.328 e. The lowest BCUT2D eigenvalue weighted by molar-refractivity contribution is -0.141. The summed E-state index contributed by atoms with van der Waals surface area (Å²) in [4.78, 5) is 59.9. The fourth-order valence-electron chi connectivity index (χ4n) is 3.48. The molecule has 3 aliphatic heterocycles. The summed E-state index contributed by atoms with van der Waals surface area (Å²) in [5.74, 6) is -5.17. The molecule has 0 saturated carbocycles. The van der Waals surface area contributed by atoms with Gasteiger partial charge >= 0.3 is 12.1 Å². The first-order valence-electron chi connectivity index (χ1n) is 7.48. The Morgan fingerprint density at radius 2 is 1.40 bits per heavy atom. The van der Waals surface area contributed by atoms with Crippen molar-refractivity contribution in [3.8, 4) is 5.75 Å². The van der Waals surface area contributed by atoms with E-state index in [0.717, 1.165) is 0 Å². The van der Waals surface area contributed by atoms with Crippen molar-refractivity contribution in [3.05, 3.63) is 29.8 Å². The van der Waals surface area contributed by atoms with Crippen molar-refractivity contribution in [2.45, 2.75) is 12.1 Å². The Balaban J connectivity index is 1.84. The predicted molar refractivity (Wildman–Crippen MR) is 78.9 cm³/mol. The largest absolute Gasteiger partial charge is 0.469 e. The summed E-state index contributed by atoms with van der Waals surface area (Å²) in [6.07, 6.45) is -1.03. The number of benzene rings is 1. The maximum atomic E-state index is 12.4. The van der Waals surface area contributed by atoms with Crippen LogP contribution >= 0.6 is 0 Å². The zero-order chi connectivity index (χ0) is 17.7. The molecule has 4 rings (SSSR count). The van der Waals surface area contributed by atoms with Gasteiger partial charge < -0.3 is 10.1 Å². The van der Waals surface area contributed by atoms with E-state index >= 15 is 0 Å². The van der Waals surface area contributed by atoms with Gasteiger partial charge in [-0.25, -0.2) is 9.59 Å². The molecule has 0 spiro atoms. The van der Waals surface area contributed by atoms with Gasteiger partial charge in [-0.2, -0.15) is 0 Å². The first-order valence-corrected chi connectivity index (χ1v) is 7.48. The molecule has 2 saturated heterocycles. The number of urea groups is 2. The topological polar surface area (TPSA) is 143 Å². The van der Waals surface area contributed by atoms with Gasteiger partial charge in [-0.15, -0.1) is 0 Å². The SMILES string of the molecule is O=C1NC(=O)C([C@@H]2c3ccccc3O[C@H]3NC(=O)NC(=O)[C@H]32)C(=O)N1. The minimum Gasteiger partial charge on any atom is -0.469 e. The number of amides is 7. The van der Waals surface area contributed by atoms with Crippen molar-refractivity contribution in [3.63, 3.8) is 0 Å². The molecule has 0 bridgehead atoms. The van der Waals surface area contributed by atoms with Gasteiger partial charge in [0.1, 0.15) is 17.6 Å². The monoisotopic (exact) mass is 344 g/mol. The number of imide groups is 3. The average molecular weight is 344 g/mol. The second-order valence-corrected chi connectivity index (χ2v) is 5.88. The maximum absolute atomic E-state index is 12.4. The molecule has 1 aromatic rings. The minimum absolute atomic E-state index is 0.348. The second kappa shape index (κ2) is 5.30. The van der Waals surface area contributed by atoms with Crippen LogP contribution in [0.15, 0.2) is 24.3 Å². The summed E-state index contributed by atoms with van der Waals surface area (Å²) in [5.41, 5.74) is 0.472. The number of para-hydroxylation sites is 1. The van der Waals surface area contributed by atoms with E-state index in [1.807, 2.05) is 10.6 Å². The first-order chi connectivity index (χ1) is 12.0. The molecule has 10 heteroatoms. The van der Waals surface area contributed by atoms with Crippen LogP contribution in [0.4, 0.5) is 9.59 Å². The van der Waals surface area contributed by atoms with Crippen molar-refractivity contribution in [1.82, 2.24) is 21.3 Å². The van der Waals surface area contributed by atoms with E-state index in [0.29, 0.717) is 11.3 Å². The molecule has 4 N–H and O–H groups in total. The van der Waals surface area contributed by atoms with Gasteiger partial charge in [0, 0.05) is 5.92 Å². The fraction of sp³-hybridized carbons (Fsp3) is 0.267. The molecule has 0 aromatic heterocycles. The number of hydrogen-bond donors (Lipinski definition) is 4. The number of nitrogens with one attached hydrogen (secondary N) is 4. The van der Waals surface area contributed by atoms with Crippen LogP contribution < -0.4 is 26.0 Å². The van der Waals surface area contributed by atoms with Crippen LogP contribution in [0.1, 0.15) is 11.5 Å². The molecular weight excluding hydrogens is 332 g/mol. The highest BCUT2D eigenvalue weighted by Gasteiger charge is 2.54. The minimum atomic E-state index is -1.32. The number of carbonyl (C=O) groups is 5. The van der Waals surface area contributed by atoms with Crippen LogP contribution in [0.25, 0.3) is 0 Å². The number of carbonyl (C=O) groups excluding carboxylic acids is 5. The predicted octanol–water partition coefficient (Wildman–Crippen LogP) is -1.07. The maximum Gasteiger partial charge on any atom is 0.328 e. The Bertz CT molecular complexity index is 817. The molecule has 25 heavy (non-hydrogen) atoms. The zero-order valence-corrected chi connectivity index (χ0v) is 12.6. The van der Waals surface area contributed by atoms with Gasteiger partial charge in [-0.05, 0) is 11.6 Å². The van der Waals surface area contributed by atoms with Gasteiger partial charge in [0.15, 0.2) is 6.23 Å². The second-order valence-electron chi connectivity index (χ2n) is 5.88. The lowest BCUT2D eigenvalue weighted by Crippen LogP contribution is -2.66. The molecule has 3 atom stereocenters. The van der Waals surface area contributed by atoms with Crippen LogP contribution in [0.2, 0.25) is 0 Å². The summed E-state index contributed by atoms with van der Waals surface area (Å²) < 4.78 is 5.67. The van der Waals surface area contributed by atoms with Gasteiger partial charge in [0.2, 0.25) is 17.7 Å². The lowest BCUT2D eigenvalue weighted by atomic mass is 9.72. The standard InChI is InChI=1S/C15H12N4O6/c20-10-8(11(21)17-14(23)16-10)7-5-3-1-2-4-6(5)25-13-9(7)12(22)18-15(24)19-13/h1-4,7-9,13H,(H2,18,19,22,24)(H2,16,17,20,21,23)/t7-,9+,13+/m0/s1. The number of hydrogen-bond acceptors (Lipinski definition) is 6. The third-order valence-corrected chi connectivity index (χ3v) is 4.46. The molecule has 2 fully saturated rings. The summed E-state index contributed by atoms with van der Waals surface area (Å²) in [6, 6.07) is 4.98. The molecule has 7 amide bonds. The van der Waals surface area contributed by atoms with Gasteiger partial charge in [0.05, 0.1) is 0 Å². The Hall–Kier alpha value is -3.43. The fourth-order valence-corrected chi connectivity index (χ4v) is 3.48. The zero-order valence-electron chi connectivity index (χ0n) is 12.6. The quantitative estimate of drug-likeness (QED) is 0.478. The van der Waals surface area contributed by atoms with E-state index < -0.39 is 53.8 Å². The highest BCUT2D eigenvalue weighted by molar-refractivity contribution is 6.17. The van der Waals surface area contributed by atoms with Crippen LogP contribution in [0.5, 0.6) is 5.75 Å². The third-order valence-electron chi connectivity index (χ3n) is 4.46. The Labute approximate surface area is 140 Å². The molecule has 3 heterocycles. The first kappa shape index (κ1) is 15.1. The number of ether oxygens (including phenoxy) is 1. The molecule has 0 aliphatic carbocycles. The van der Waals surface area contributed by atoms with E-state index in [4.69, 9.17) is 4.74 Å². The van der Waals surface area contributed by atoms with Crippen molar-refractivity contribution < 1.29 is 28.7 Å². The molecule has 3 aliphatic rings. The normalized spacial score (nSPS) is 28.6. The van der Waals surface area contributed by atoms with Crippen molar-refractivity contribution in [1.29, 1.82) is 0 Å². The van der Waals surface area contributed by atoms with Crippen LogP contribution in [0, 0.1) is 11.8 Å². The molecule has 1 aromatic carbocycles. The highest BCUT2D eigenvalue weighted by atomic mass is 16.5. The lowest BCUT2D eigenvalue weighted by Gasteiger charge is -2.43. The van der Waals surface area contributed by atoms with Crippen LogP contribution in [-0.4, -0.2) is 36.0 Å². The van der Waals surface area contributed by atoms with E-state index in [9.17, 15) is 24.0 Å². The molecule has 0 radical (unpaired) electrons. The van der Waals surface area contributed by atoms with Gasteiger partial charge in [-0.1, -0.05) is 18.2 Å². The summed E-state index contributed by atoms with van der Waals surface area (Å²) in [5, 5.41) is 8.67. The average Bonchev–Trinajstić information content (AvgIpc) is 2.52. The molecule has 0 unspecified atom stereocenters. The Morgan fingerprint density at radius 3 is 2.12 bits per heavy atom. The number of barbiturate groups is 1. The van der Waals surface area contributed by atoms with Crippen molar-refractivity contribution >= 4 is 29.8 Å². The summed E-state index contributed by atoms with van der Waals surface area (Å²) >= 11 is 0. The van der Waals surface area contributed by atoms with Gasteiger partial charge in [-0.3, -0.25) is 30.3 Å². The van der Waals surface area contributed by atoms with Crippen LogP contribution in [-0.2, 0) is 14.4 Å². The third kappa shape index (κ3) is 2.30. The van der Waals surface area contributed by atoms with E-state index in [2.05, 4.69) is 10.6 Å². The summed E-state index contributed by atoms with van der Waals surface area (Å²) in [6.45, 7) is 0. The van der Waals surface area contributed by atoms with Crippen molar-refractivity contribution in [2.75, 3.05) is 0 Å². The molecule has 128 valence electrons. The molecular formula is C15H12N4O6. The van der Waals surface area contributed by atoms with Crippen LogP contribution in [0.3, 0.4) is 0 Å². The Kier molecular flexibility index (Phi) is 3.20. The number of fused-ring (bicyclic) bond motifs is 2. The van der Waals surface area contributed by atoms with Crippen molar-refractivity contribution in [2.24, 2.45) is 11.8 Å². The van der Waals surface area contributed by atoms with E-state index in [1.165, 1.54) is 0 Å². The summed E-state index contributed by atoms with van der Waals surface area (Å²) in [7, 11) is 0. The van der Waals surface area contributed by atoms with E-state index in [1.54, 1.807) is 24.3 Å². The molecule has 10 nitrogen and oxygen atoms in total. The van der Waals surface area contributed by atoms with E-state index in [-0.39, 0.29) is 0 Å². The number of rotatable bonds is 1. The van der Waals surface area contributed by atoms with Gasteiger partial charge in [0.25, 0.3) is 0 Å². The Morgan fingerprint density at radius 1 is 0.760 bits per heavy atom.